The lowest BCUT2D eigenvalue weighted by Gasteiger charge is -2.40. The Morgan fingerprint density at radius 1 is 1.27 bits per heavy atom. The molecule has 1 heterocycles. The van der Waals surface area contributed by atoms with E-state index < -0.39 is 13.9 Å². The van der Waals surface area contributed by atoms with Gasteiger partial charge in [-0.15, -0.1) is 0 Å². The molecule has 0 radical (unpaired) electrons. The number of piperidine rings is 1. The highest BCUT2D eigenvalue weighted by molar-refractivity contribution is 6.72. The maximum Gasteiger partial charge on any atom is 0.407 e. The van der Waals surface area contributed by atoms with Crippen molar-refractivity contribution in [3.63, 3.8) is 0 Å². The van der Waals surface area contributed by atoms with Crippen molar-refractivity contribution in [1.82, 2.24) is 10.6 Å². The van der Waals surface area contributed by atoms with Gasteiger partial charge in [0.2, 0.25) is 0 Å². The molecular weight excluding hydrogens is 296 g/mol. The molecule has 0 aromatic heterocycles. The third kappa shape index (κ3) is 6.26. The van der Waals surface area contributed by atoms with Gasteiger partial charge in [0.25, 0.3) is 0 Å². The molecule has 1 aliphatic heterocycles. The summed E-state index contributed by atoms with van der Waals surface area (Å²) < 4.78 is 5.32. The molecule has 1 rings (SSSR count). The topological polar surface area (TPSA) is 70.6 Å². The Labute approximate surface area is 136 Å². The average Bonchev–Trinajstić information content (AvgIpc) is 2.23. The molecule has 5 nitrogen and oxygen atoms in total. The number of carbonyl (C=O) groups excluding carboxylic acids is 1. The first-order chi connectivity index (χ1) is 9.80. The summed E-state index contributed by atoms with van der Waals surface area (Å²) in [6.45, 7) is 15.6. The highest BCUT2D eigenvalue weighted by Crippen LogP contribution is 2.42. The number of carbonyl (C=O) groups is 1. The molecule has 1 amide bonds. The standard InChI is InChI=1S/C16H34N2O3Si/c1-15(2,3)21-14(19)18-13-8-12(10-17-11-13)9-16(4,5)22(6,7)20/h12-13,17,20H,8-11H2,1-7H3,(H,18,19). The van der Waals surface area contributed by atoms with Crippen LogP contribution in [0.3, 0.4) is 0 Å². The first kappa shape index (κ1) is 19.5. The molecule has 1 aliphatic rings. The monoisotopic (exact) mass is 330 g/mol. The van der Waals surface area contributed by atoms with Crippen LogP contribution in [0.4, 0.5) is 4.79 Å². The van der Waals surface area contributed by atoms with Gasteiger partial charge in [0.15, 0.2) is 8.32 Å². The van der Waals surface area contributed by atoms with Crippen LogP contribution in [0, 0.1) is 5.92 Å². The molecule has 3 N–H and O–H groups in total. The number of hydrogen-bond donors (Lipinski definition) is 3. The van der Waals surface area contributed by atoms with Crippen LogP contribution in [-0.2, 0) is 4.74 Å². The number of ether oxygens (including phenoxy) is 1. The zero-order valence-electron chi connectivity index (χ0n) is 15.2. The highest BCUT2D eigenvalue weighted by atomic mass is 28.4. The van der Waals surface area contributed by atoms with E-state index in [0.717, 1.165) is 25.9 Å². The smallest absolute Gasteiger partial charge is 0.407 e. The summed E-state index contributed by atoms with van der Waals surface area (Å²) in [6.07, 6.45) is 1.55. The molecular formula is C16H34N2O3Si. The fourth-order valence-corrected chi connectivity index (χ4v) is 3.53. The van der Waals surface area contributed by atoms with E-state index in [-0.39, 0.29) is 17.2 Å². The molecule has 0 aliphatic carbocycles. The third-order valence-electron chi connectivity index (χ3n) is 4.62. The minimum atomic E-state index is -2.19. The Kier molecular flexibility index (Phi) is 6.09. The van der Waals surface area contributed by atoms with E-state index in [1.54, 1.807) is 0 Å². The molecule has 0 spiro atoms. The van der Waals surface area contributed by atoms with Crippen molar-refractivity contribution in [1.29, 1.82) is 0 Å². The Hall–Kier alpha value is -0.593. The summed E-state index contributed by atoms with van der Waals surface area (Å²) in [5, 5.41) is 6.31. The number of hydrogen-bond acceptors (Lipinski definition) is 4. The Morgan fingerprint density at radius 2 is 1.86 bits per heavy atom. The molecule has 0 aromatic rings. The highest BCUT2D eigenvalue weighted by Gasteiger charge is 2.40. The van der Waals surface area contributed by atoms with Crippen molar-refractivity contribution in [3.8, 4) is 0 Å². The Bertz CT molecular complexity index is 386. The molecule has 22 heavy (non-hydrogen) atoms. The fourth-order valence-electron chi connectivity index (χ4n) is 2.74. The van der Waals surface area contributed by atoms with Gasteiger partial charge in [-0.25, -0.2) is 4.79 Å². The van der Waals surface area contributed by atoms with Crippen molar-refractivity contribution in [2.75, 3.05) is 13.1 Å². The SMILES string of the molecule is CC(C)(C)OC(=O)NC1CNCC(CC(C)(C)[Si](C)(C)O)C1. The van der Waals surface area contributed by atoms with E-state index in [2.05, 4.69) is 24.5 Å². The normalized spacial score (nSPS) is 24.0. The summed E-state index contributed by atoms with van der Waals surface area (Å²) in [7, 11) is -2.19. The average molecular weight is 331 g/mol. The van der Waals surface area contributed by atoms with Gasteiger partial charge in [0, 0.05) is 12.6 Å². The summed E-state index contributed by atoms with van der Waals surface area (Å²) in [4.78, 5) is 22.3. The molecule has 6 heteroatoms. The Morgan fingerprint density at radius 3 is 2.36 bits per heavy atom. The van der Waals surface area contributed by atoms with Crippen molar-refractivity contribution in [3.05, 3.63) is 0 Å². The number of alkyl carbamates (subject to hydrolysis) is 1. The van der Waals surface area contributed by atoms with Gasteiger partial charge in [-0.1, -0.05) is 13.8 Å². The summed E-state index contributed by atoms with van der Waals surface area (Å²) in [6, 6.07) is 0.0906. The van der Waals surface area contributed by atoms with Crippen LogP contribution in [0.1, 0.15) is 47.5 Å². The summed E-state index contributed by atoms with van der Waals surface area (Å²) in [5.41, 5.74) is -0.472. The van der Waals surface area contributed by atoms with Crippen molar-refractivity contribution < 1.29 is 14.3 Å². The largest absolute Gasteiger partial charge is 0.444 e. The van der Waals surface area contributed by atoms with E-state index in [1.165, 1.54) is 0 Å². The fraction of sp³-hybridized carbons (Fsp3) is 0.938. The van der Waals surface area contributed by atoms with Gasteiger partial charge in [-0.05, 0) is 64.2 Å². The van der Waals surface area contributed by atoms with Crippen LogP contribution in [-0.4, -0.2) is 43.9 Å². The molecule has 0 aromatic carbocycles. The molecule has 130 valence electrons. The number of amides is 1. The van der Waals surface area contributed by atoms with Crippen LogP contribution in [0.15, 0.2) is 0 Å². The van der Waals surface area contributed by atoms with Gasteiger partial charge in [-0.2, -0.15) is 0 Å². The van der Waals surface area contributed by atoms with E-state index in [9.17, 15) is 9.59 Å². The second kappa shape index (κ2) is 6.89. The van der Waals surface area contributed by atoms with Gasteiger partial charge in [-0.3, -0.25) is 0 Å². The van der Waals surface area contributed by atoms with Crippen LogP contribution >= 0.6 is 0 Å². The molecule has 2 unspecified atom stereocenters. The van der Waals surface area contributed by atoms with E-state index in [0.29, 0.717) is 5.92 Å². The minimum absolute atomic E-state index is 0.0346. The maximum absolute atomic E-state index is 11.9. The van der Waals surface area contributed by atoms with Gasteiger partial charge in [0.05, 0.1) is 0 Å². The van der Waals surface area contributed by atoms with E-state index >= 15 is 0 Å². The Balaban J connectivity index is 2.53. The van der Waals surface area contributed by atoms with Gasteiger partial charge < -0.3 is 20.2 Å². The molecule has 0 bridgehead atoms. The van der Waals surface area contributed by atoms with E-state index in [4.69, 9.17) is 4.74 Å². The first-order valence-electron chi connectivity index (χ1n) is 8.23. The molecule has 1 fully saturated rings. The van der Waals surface area contributed by atoms with Crippen molar-refractivity contribution in [2.45, 2.75) is 77.2 Å². The second-order valence-corrected chi connectivity index (χ2v) is 13.2. The first-order valence-corrected chi connectivity index (χ1v) is 11.2. The van der Waals surface area contributed by atoms with Crippen LogP contribution in [0.5, 0.6) is 0 Å². The zero-order valence-corrected chi connectivity index (χ0v) is 16.2. The molecule has 2 atom stereocenters. The summed E-state index contributed by atoms with van der Waals surface area (Å²) >= 11 is 0. The van der Waals surface area contributed by atoms with Crippen LogP contribution in [0.2, 0.25) is 18.1 Å². The van der Waals surface area contributed by atoms with Crippen LogP contribution in [0.25, 0.3) is 0 Å². The lowest BCUT2D eigenvalue weighted by Crippen LogP contribution is -2.51. The van der Waals surface area contributed by atoms with E-state index in [1.807, 2.05) is 33.9 Å². The van der Waals surface area contributed by atoms with Crippen molar-refractivity contribution in [2.24, 2.45) is 5.92 Å². The molecule has 0 saturated carbocycles. The number of rotatable bonds is 4. The predicted molar refractivity (Wildman–Crippen MR) is 92.5 cm³/mol. The van der Waals surface area contributed by atoms with Gasteiger partial charge >= 0.3 is 6.09 Å². The van der Waals surface area contributed by atoms with Crippen LogP contribution < -0.4 is 10.6 Å². The lowest BCUT2D eigenvalue weighted by molar-refractivity contribution is 0.0488. The third-order valence-corrected chi connectivity index (χ3v) is 8.13. The van der Waals surface area contributed by atoms with Crippen molar-refractivity contribution >= 4 is 14.4 Å². The second-order valence-electron chi connectivity index (χ2n) is 8.75. The summed E-state index contributed by atoms with van der Waals surface area (Å²) in [5.74, 6) is 0.461. The van der Waals surface area contributed by atoms with Gasteiger partial charge in [0.1, 0.15) is 5.60 Å². The number of nitrogens with one attached hydrogen (secondary N) is 2. The quantitative estimate of drug-likeness (QED) is 0.693. The zero-order chi connectivity index (χ0) is 17.2. The maximum atomic E-state index is 11.9. The minimum Gasteiger partial charge on any atom is -0.444 e. The lowest BCUT2D eigenvalue weighted by atomic mass is 9.88. The predicted octanol–water partition coefficient (Wildman–Crippen LogP) is 2.86. The molecule has 1 saturated heterocycles.